The van der Waals surface area contributed by atoms with Crippen molar-refractivity contribution in [2.45, 2.75) is 11.7 Å². The number of allylic oxidation sites excluding steroid dienone is 1. The highest BCUT2D eigenvalue weighted by molar-refractivity contribution is 7.99. The molecule has 23 heavy (non-hydrogen) atoms. The topological polar surface area (TPSA) is 93.9 Å². The highest BCUT2D eigenvalue weighted by Gasteiger charge is 2.11. The van der Waals surface area contributed by atoms with Crippen LogP contribution in [0.15, 0.2) is 48.4 Å². The van der Waals surface area contributed by atoms with E-state index in [2.05, 4.69) is 21.5 Å². The Labute approximate surface area is 138 Å². The Hall–Kier alpha value is -2.13. The van der Waals surface area contributed by atoms with E-state index in [1.165, 1.54) is 11.8 Å². The van der Waals surface area contributed by atoms with Gasteiger partial charge in [0, 0.05) is 17.8 Å². The predicted octanol–water partition coefficient (Wildman–Crippen LogP) is 1.81. The Balaban J connectivity index is 1.98. The minimum Gasteiger partial charge on any atom is -0.305 e. The van der Waals surface area contributed by atoms with Crippen LogP contribution < -0.4 is 4.72 Å². The SMILES string of the molecule is C=CCn1cnnc1SCC(=O)c1ccc(NS(C)(=O)=O)cc1. The predicted molar refractivity (Wildman–Crippen MR) is 90.2 cm³/mol. The van der Waals surface area contributed by atoms with E-state index in [1.807, 2.05) is 0 Å². The number of benzene rings is 1. The molecule has 1 N–H and O–H groups in total. The first-order valence-corrected chi connectivity index (χ1v) is 9.49. The van der Waals surface area contributed by atoms with Crippen LogP contribution in [0.4, 0.5) is 5.69 Å². The molecule has 0 aliphatic carbocycles. The lowest BCUT2D eigenvalue weighted by Gasteiger charge is -2.05. The standard InChI is InChI=1S/C14H16N4O3S2/c1-3-8-18-10-15-16-14(18)22-9-13(19)11-4-6-12(7-5-11)17-23(2,20)21/h3-7,10,17H,1,8-9H2,2H3. The van der Waals surface area contributed by atoms with Gasteiger partial charge in [0.1, 0.15) is 6.33 Å². The van der Waals surface area contributed by atoms with Crippen LogP contribution in [0.25, 0.3) is 0 Å². The average Bonchev–Trinajstić information content (AvgIpc) is 2.92. The lowest BCUT2D eigenvalue weighted by Crippen LogP contribution is -2.10. The molecular weight excluding hydrogens is 336 g/mol. The van der Waals surface area contributed by atoms with Crippen molar-refractivity contribution in [1.29, 1.82) is 0 Å². The molecule has 0 aliphatic heterocycles. The van der Waals surface area contributed by atoms with E-state index in [-0.39, 0.29) is 11.5 Å². The summed E-state index contributed by atoms with van der Waals surface area (Å²) < 4.78 is 26.4. The van der Waals surface area contributed by atoms with Gasteiger partial charge in [-0.25, -0.2) is 8.42 Å². The van der Waals surface area contributed by atoms with Gasteiger partial charge in [-0.3, -0.25) is 9.52 Å². The number of nitrogens with one attached hydrogen (secondary N) is 1. The van der Waals surface area contributed by atoms with Crippen molar-refractivity contribution in [2.75, 3.05) is 16.7 Å². The summed E-state index contributed by atoms with van der Waals surface area (Å²) in [4.78, 5) is 12.2. The molecule has 1 aromatic carbocycles. The minimum absolute atomic E-state index is 0.0749. The summed E-state index contributed by atoms with van der Waals surface area (Å²) in [5.74, 6) is 0.142. The molecule has 0 saturated carbocycles. The fourth-order valence-electron chi connectivity index (χ4n) is 1.77. The summed E-state index contributed by atoms with van der Waals surface area (Å²) in [6.07, 6.45) is 4.38. The Morgan fingerprint density at radius 2 is 2.09 bits per heavy atom. The zero-order valence-electron chi connectivity index (χ0n) is 12.5. The third-order valence-electron chi connectivity index (χ3n) is 2.75. The van der Waals surface area contributed by atoms with E-state index in [0.717, 1.165) is 6.26 Å². The second-order valence-corrected chi connectivity index (χ2v) is 7.41. The molecule has 0 amide bonds. The van der Waals surface area contributed by atoms with Gasteiger partial charge < -0.3 is 4.57 Å². The lowest BCUT2D eigenvalue weighted by atomic mass is 10.1. The van der Waals surface area contributed by atoms with Crippen LogP contribution in [-0.4, -0.2) is 41.0 Å². The van der Waals surface area contributed by atoms with Gasteiger partial charge in [-0.2, -0.15) is 0 Å². The van der Waals surface area contributed by atoms with Crippen molar-refractivity contribution in [3.8, 4) is 0 Å². The minimum atomic E-state index is -3.33. The van der Waals surface area contributed by atoms with Crippen LogP contribution in [0.3, 0.4) is 0 Å². The maximum Gasteiger partial charge on any atom is 0.229 e. The number of hydrogen-bond donors (Lipinski definition) is 1. The number of thioether (sulfide) groups is 1. The highest BCUT2D eigenvalue weighted by Crippen LogP contribution is 2.18. The van der Waals surface area contributed by atoms with Gasteiger partial charge in [-0.1, -0.05) is 17.8 Å². The van der Waals surface area contributed by atoms with Crippen molar-refractivity contribution < 1.29 is 13.2 Å². The number of nitrogens with zero attached hydrogens (tertiary/aromatic N) is 3. The lowest BCUT2D eigenvalue weighted by molar-refractivity contribution is 0.102. The maximum absolute atomic E-state index is 12.2. The number of Topliss-reactive ketones (excluding diaryl/α,β-unsaturated/α-hetero) is 1. The Kier molecular flexibility index (Phi) is 5.56. The van der Waals surface area contributed by atoms with E-state index in [1.54, 1.807) is 41.2 Å². The average molecular weight is 352 g/mol. The number of sulfonamides is 1. The van der Waals surface area contributed by atoms with E-state index >= 15 is 0 Å². The molecule has 1 aromatic heterocycles. The van der Waals surface area contributed by atoms with Crippen molar-refractivity contribution in [2.24, 2.45) is 0 Å². The zero-order valence-corrected chi connectivity index (χ0v) is 14.1. The second-order valence-electron chi connectivity index (χ2n) is 4.72. The first-order chi connectivity index (χ1) is 10.9. The number of anilines is 1. The molecule has 9 heteroatoms. The fraction of sp³-hybridized carbons (Fsp3) is 0.214. The molecule has 0 bridgehead atoms. The van der Waals surface area contributed by atoms with Crippen LogP contribution in [0.2, 0.25) is 0 Å². The van der Waals surface area contributed by atoms with E-state index in [4.69, 9.17) is 0 Å². The van der Waals surface area contributed by atoms with Gasteiger partial charge in [-0.05, 0) is 24.3 Å². The summed E-state index contributed by atoms with van der Waals surface area (Å²) >= 11 is 1.29. The summed E-state index contributed by atoms with van der Waals surface area (Å²) in [5, 5.41) is 8.41. The van der Waals surface area contributed by atoms with Crippen molar-refractivity contribution >= 4 is 33.3 Å². The summed E-state index contributed by atoms with van der Waals surface area (Å²) in [6, 6.07) is 6.29. The molecule has 2 rings (SSSR count). The first-order valence-electron chi connectivity index (χ1n) is 6.61. The smallest absolute Gasteiger partial charge is 0.229 e. The molecule has 0 radical (unpaired) electrons. The van der Waals surface area contributed by atoms with Gasteiger partial charge in [0.25, 0.3) is 0 Å². The molecule has 2 aromatic rings. The molecule has 0 aliphatic rings. The Morgan fingerprint density at radius 3 is 2.70 bits per heavy atom. The Morgan fingerprint density at radius 1 is 1.39 bits per heavy atom. The number of aromatic nitrogens is 3. The third-order valence-corrected chi connectivity index (χ3v) is 4.34. The van der Waals surface area contributed by atoms with E-state index in [0.29, 0.717) is 23.0 Å². The molecule has 0 saturated heterocycles. The quantitative estimate of drug-likeness (QED) is 0.442. The van der Waals surface area contributed by atoms with E-state index < -0.39 is 10.0 Å². The van der Waals surface area contributed by atoms with Gasteiger partial charge >= 0.3 is 0 Å². The number of hydrogen-bond acceptors (Lipinski definition) is 6. The molecule has 0 unspecified atom stereocenters. The van der Waals surface area contributed by atoms with Gasteiger partial charge in [-0.15, -0.1) is 16.8 Å². The monoisotopic (exact) mass is 352 g/mol. The summed E-state index contributed by atoms with van der Waals surface area (Å²) in [5.41, 5.74) is 0.925. The second kappa shape index (κ2) is 7.42. The van der Waals surface area contributed by atoms with Crippen LogP contribution in [-0.2, 0) is 16.6 Å². The van der Waals surface area contributed by atoms with Crippen LogP contribution in [0, 0.1) is 0 Å². The third kappa shape index (κ3) is 5.22. The van der Waals surface area contributed by atoms with Crippen LogP contribution >= 0.6 is 11.8 Å². The molecule has 122 valence electrons. The number of rotatable bonds is 8. The van der Waals surface area contributed by atoms with Gasteiger partial charge in [0.05, 0.1) is 12.0 Å². The van der Waals surface area contributed by atoms with E-state index in [9.17, 15) is 13.2 Å². The molecular formula is C14H16N4O3S2. The molecule has 7 nitrogen and oxygen atoms in total. The molecule has 0 atom stereocenters. The Bertz CT molecular complexity index is 798. The number of carbonyl (C=O) groups is 1. The maximum atomic E-state index is 12.2. The van der Waals surface area contributed by atoms with Gasteiger partial charge in [0.15, 0.2) is 10.9 Å². The largest absolute Gasteiger partial charge is 0.305 e. The van der Waals surface area contributed by atoms with Crippen molar-refractivity contribution in [3.63, 3.8) is 0 Å². The van der Waals surface area contributed by atoms with Crippen molar-refractivity contribution in [1.82, 2.24) is 14.8 Å². The fourth-order valence-corrected chi connectivity index (χ4v) is 3.16. The van der Waals surface area contributed by atoms with Crippen LogP contribution in [0.1, 0.15) is 10.4 Å². The summed E-state index contributed by atoms with van der Waals surface area (Å²) in [6.45, 7) is 4.23. The highest BCUT2D eigenvalue weighted by atomic mass is 32.2. The van der Waals surface area contributed by atoms with Crippen LogP contribution in [0.5, 0.6) is 0 Å². The zero-order chi connectivity index (χ0) is 16.9. The first kappa shape index (κ1) is 17.2. The molecule has 0 fully saturated rings. The summed E-state index contributed by atoms with van der Waals surface area (Å²) in [7, 11) is -3.33. The normalized spacial score (nSPS) is 11.2. The van der Waals surface area contributed by atoms with Gasteiger partial charge in [0.2, 0.25) is 10.0 Å². The number of carbonyl (C=O) groups excluding carboxylic acids is 1. The number of ketones is 1. The molecule has 1 heterocycles. The van der Waals surface area contributed by atoms with Crippen molar-refractivity contribution in [3.05, 3.63) is 48.8 Å². The molecule has 0 spiro atoms.